The molecule has 0 aromatic carbocycles. The molecule has 0 bridgehead atoms. The average molecular weight is 269 g/mol. The van der Waals surface area contributed by atoms with E-state index >= 15 is 0 Å². The lowest BCUT2D eigenvalue weighted by atomic mass is 9.99. The predicted octanol–water partition coefficient (Wildman–Crippen LogP) is 2.58. The number of nitrogens with one attached hydrogen (secondary N) is 1. The third kappa shape index (κ3) is 3.89. The van der Waals surface area contributed by atoms with E-state index in [0.717, 1.165) is 31.6 Å². The molecule has 3 nitrogen and oxygen atoms in total. The van der Waals surface area contributed by atoms with Gasteiger partial charge in [-0.05, 0) is 25.8 Å². The van der Waals surface area contributed by atoms with Crippen molar-refractivity contribution >= 4 is 16.9 Å². The quantitative estimate of drug-likeness (QED) is 0.770. The van der Waals surface area contributed by atoms with Gasteiger partial charge in [0, 0.05) is 24.4 Å². The fraction of sp³-hybridized carbons (Fsp3) is 0.929. The second-order valence-corrected chi connectivity index (χ2v) is 6.75. The number of hydrogen-bond donors (Lipinski definition) is 1. The first kappa shape index (κ1) is 14.2. The van der Waals surface area contributed by atoms with Gasteiger partial charge < -0.3 is 10.2 Å². The van der Waals surface area contributed by atoms with Crippen LogP contribution in [0.3, 0.4) is 0 Å². The molecule has 1 atom stereocenters. The van der Waals surface area contributed by atoms with Gasteiger partial charge in [0.05, 0.1) is 6.54 Å². The molecule has 2 rings (SSSR count). The van der Waals surface area contributed by atoms with Crippen LogP contribution in [0.25, 0.3) is 0 Å². The molecule has 0 amide bonds. The summed E-state index contributed by atoms with van der Waals surface area (Å²) in [6.07, 6.45) is 5.34. The van der Waals surface area contributed by atoms with Crippen molar-refractivity contribution < 1.29 is 0 Å². The third-order valence-corrected chi connectivity index (χ3v) is 5.50. The van der Waals surface area contributed by atoms with Crippen molar-refractivity contribution in [3.05, 3.63) is 0 Å². The van der Waals surface area contributed by atoms with E-state index in [1.54, 1.807) is 0 Å². The predicted molar refractivity (Wildman–Crippen MR) is 81.4 cm³/mol. The van der Waals surface area contributed by atoms with Crippen molar-refractivity contribution in [2.45, 2.75) is 50.8 Å². The molecule has 0 aromatic heterocycles. The van der Waals surface area contributed by atoms with Crippen molar-refractivity contribution in [1.29, 1.82) is 0 Å². The highest BCUT2D eigenvalue weighted by Gasteiger charge is 2.27. The van der Waals surface area contributed by atoms with E-state index in [4.69, 9.17) is 0 Å². The normalized spacial score (nSPS) is 23.8. The Balaban J connectivity index is 1.62. The van der Waals surface area contributed by atoms with Crippen molar-refractivity contribution in [3.63, 3.8) is 0 Å². The minimum Gasteiger partial charge on any atom is -0.364 e. The maximum Gasteiger partial charge on any atom is 0.156 e. The first-order chi connectivity index (χ1) is 8.74. The van der Waals surface area contributed by atoms with Gasteiger partial charge in [-0.1, -0.05) is 38.5 Å². The molecule has 18 heavy (non-hydrogen) atoms. The van der Waals surface area contributed by atoms with E-state index in [1.807, 2.05) is 11.8 Å². The van der Waals surface area contributed by atoms with E-state index in [1.165, 1.54) is 30.9 Å². The van der Waals surface area contributed by atoms with E-state index in [-0.39, 0.29) is 0 Å². The minimum absolute atomic E-state index is 0.712. The van der Waals surface area contributed by atoms with Crippen molar-refractivity contribution in [3.8, 4) is 0 Å². The fourth-order valence-corrected chi connectivity index (χ4v) is 3.93. The zero-order valence-corrected chi connectivity index (χ0v) is 12.8. The monoisotopic (exact) mass is 269 g/mol. The fourth-order valence-electron chi connectivity index (χ4n) is 2.59. The second-order valence-electron chi connectivity index (χ2n) is 5.52. The third-order valence-electron chi connectivity index (χ3n) is 4.16. The molecule has 4 heteroatoms. The van der Waals surface area contributed by atoms with Gasteiger partial charge >= 0.3 is 0 Å². The Morgan fingerprint density at radius 2 is 2.11 bits per heavy atom. The first-order valence-corrected chi connectivity index (χ1v) is 8.27. The van der Waals surface area contributed by atoms with Crippen LogP contribution in [0.1, 0.15) is 39.5 Å². The summed E-state index contributed by atoms with van der Waals surface area (Å²) in [6, 6.07) is 0.863. The molecule has 2 aliphatic rings. The van der Waals surface area contributed by atoms with Gasteiger partial charge in [-0.25, -0.2) is 0 Å². The van der Waals surface area contributed by atoms with Gasteiger partial charge in [0.25, 0.3) is 0 Å². The summed E-state index contributed by atoms with van der Waals surface area (Å²) in [5.74, 6) is 0.826. The summed E-state index contributed by atoms with van der Waals surface area (Å²) in [4.78, 5) is 7.11. The Hall–Kier alpha value is -0.220. The Kier molecular flexibility index (Phi) is 5.37. The number of amidine groups is 1. The summed E-state index contributed by atoms with van der Waals surface area (Å²) in [5, 5.41) is 5.39. The molecule has 104 valence electrons. The number of likely N-dealkylation sites (N-methyl/N-ethyl adjacent to an activating group) is 1. The highest BCUT2D eigenvalue weighted by atomic mass is 32.2. The Bertz CT molecular complexity index is 285. The molecule has 1 fully saturated rings. The molecule has 1 saturated carbocycles. The molecular weight excluding hydrogens is 242 g/mol. The molecule has 1 unspecified atom stereocenters. The molecule has 0 radical (unpaired) electrons. The smallest absolute Gasteiger partial charge is 0.156 e. The van der Waals surface area contributed by atoms with Crippen LogP contribution in [0, 0.1) is 5.92 Å². The SMILES string of the molecule is CCC(CC)C1CN=C(NCCN(C)C2CC2)S1. The standard InChI is InChI=1S/C14H27N3S/c1-4-11(5-2)13-10-16-14(18-13)15-8-9-17(3)12-6-7-12/h11-13H,4-10H2,1-3H3,(H,15,16). The maximum absolute atomic E-state index is 4.64. The lowest BCUT2D eigenvalue weighted by Crippen LogP contribution is -2.32. The van der Waals surface area contributed by atoms with E-state index < -0.39 is 0 Å². The van der Waals surface area contributed by atoms with Crippen molar-refractivity contribution in [2.24, 2.45) is 10.9 Å². The number of rotatable bonds is 7. The van der Waals surface area contributed by atoms with Crippen LogP contribution in [0.5, 0.6) is 0 Å². The summed E-state index contributed by atoms with van der Waals surface area (Å²) >= 11 is 1.96. The van der Waals surface area contributed by atoms with Crippen LogP contribution in [0.15, 0.2) is 4.99 Å². The zero-order valence-electron chi connectivity index (χ0n) is 12.0. The highest BCUT2D eigenvalue weighted by molar-refractivity contribution is 8.14. The largest absolute Gasteiger partial charge is 0.364 e. The minimum atomic E-state index is 0.712. The highest BCUT2D eigenvalue weighted by Crippen LogP contribution is 2.30. The molecule has 0 saturated heterocycles. The molecule has 0 spiro atoms. The van der Waals surface area contributed by atoms with E-state index in [9.17, 15) is 0 Å². The summed E-state index contributed by atoms with van der Waals surface area (Å²) in [7, 11) is 2.23. The summed E-state index contributed by atoms with van der Waals surface area (Å²) < 4.78 is 0. The van der Waals surface area contributed by atoms with Crippen LogP contribution in [0.4, 0.5) is 0 Å². The van der Waals surface area contributed by atoms with E-state index in [2.05, 4.69) is 36.1 Å². The van der Waals surface area contributed by atoms with Gasteiger partial charge in [-0.15, -0.1) is 0 Å². The van der Waals surface area contributed by atoms with Crippen LogP contribution in [0.2, 0.25) is 0 Å². The number of nitrogens with zero attached hydrogens (tertiary/aromatic N) is 2. The molecule has 0 aromatic rings. The zero-order chi connectivity index (χ0) is 13.0. The van der Waals surface area contributed by atoms with Gasteiger partial charge in [-0.2, -0.15) is 0 Å². The lowest BCUT2D eigenvalue weighted by molar-refractivity contribution is 0.329. The Labute approximate surface area is 116 Å². The number of hydrogen-bond acceptors (Lipinski definition) is 4. The van der Waals surface area contributed by atoms with Crippen LogP contribution in [-0.2, 0) is 0 Å². The molecule has 1 aliphatic carbocycles. The number of aliphatic imine (C=N–C) groups is 1. The summed E-state index contributed by atoms with van der Waals surface area (Å²) in [6.45, 7) is 7.78. The van der Waals surface area contributed by atoms with Crippen LogP contribution < -0.4 is 5.32 Å². The molecule has 1 aliphatic heterocycles. The topological polar surface area (TPSA) is 27.6 Å². The average Bonchev–Trinajstić information content (AvgIpc) is 3.13. The second kappa shape index (κ2) is 6.80. The van der Waals surface area contributed by atoms with Gasteiger partial charge in [0.2, 0.25) is 0 Å². The molecule has 1 heterocycles. The van der Waals surface area contributed by atoms with Gasteiger partial charge in [-0.3, -0.25) is 4.99 Å². The van der Waals surface area contributed by atoms with E-state index in [0.29, 0.717) is 5.25 Å². The molecule has 1 N–H and O–H groups in total. The summed E-state index contributed by atoms with van der Waals surface area (Å²) in [5.41, 5.74) is 0. The van der Waals surface area contributed by atoms with Gasteiger partial charge in [0.1, 0.15) is 0 Å². The Morgan fingerprint density at radius 1 is 1.39 bits per heavy atom. The van der Waals surface area contributed by atoms with Crippen molar-refractivity contribution in [2.75, 3.05) is 26.7 Å². The van der Waals surface area contributed by atoms with Gasteiger partial charge in [0.15, 0.2) is 5.17 Å². The number of thioether (sulfide) groups is 1. The first-order valence-electron chi connectivity index (χ1n) is 7.39. The molecular formula is C14H27N3S. The van der Waals surface area contributed by atoms with Crippen molar-refractivity contribution in [1.82, 2.24) is 10.2 Å². The Morgan fingerprint density at radius 3 is 2.72 bits per heavy atom. The maximum atomic E-state index is 4.64. The van der Waals surface area contributed by atoms with Crippen LogP contribution >= 0.6 is 11.8 Å². The lowest BCUT2D eigenvalue weighted by Gasteiger charge is -2.19. The van der Waals surface area contributed by atoms with Crippen LogP contribution in [-0.4, -0.2) is 48.0 Å².